The molecular weight excluding hydrogens is 208 g/mol. The first-order valence-electron chi connectivity index (χ1n) is 5.51. The van der Waals surface area contributed by atoms with Crippen LogP contribution in [0.5, 0.6) is 0 Å². The highest BCUT2D eigenvalue weighted by molar-refractivity contribution is 6.30. The van der Waals surface area contributed by atoms with Gasteiger partial charge in [0.1, 0.15) is 5.15 Å². The summed E-state index contributed by atoms with van der Waals surface area (Å²) in [6.07, 6.45) is 6.82. The molecule has 0 radical (unpaired) electrons. The van der Waals surface area contributed by atoms with Gasteiger partial charge in [-0.15, -0.1) is 0 Å². The van der Waals surface area contributed by atoms with Gasteiger partial charge in [0, 0.05) is 18.2 Å². The van der Waals surface area contributed by atoms with Gasteiger partial charge in [-0.05, 0) is 30.9 Å². The molecule has 1 fully saturated rings. The van der Waals surface area contributed by atoms with Gasteiger partial charge in [0.25, 0.3) is 0 Å². The quantitative estimate of drug-likeness (QED) is 0.785. The third-order valence-corrected chi connectivity index (χ3v) is 3.97. The highest BCUT2D eigenvalue weighted by Gasteiger charge is 2.34. The Morgan fingerprint density at radius 1 is 1.47 bits per heavy atom. The predicted octanol–water partition coefficient (Wildman–Crippen LogP) is 2.81. The lowest BCUT2D eigenvalue weighted by atomic mass is 9.79. The number of hydrogen-bond acceptors (Lipinski definition) is 2. The Bertz CT molecular complexity index is 357. The van der Waals surface area contributed by atoms with E-state index >= 15 is 0 Å². The molecule has 3 heteroatoms. The van der Waals surface area contributed by atoms with Crippen LogP contribution in [-0.2, 0) is 5.41 Å². The zero-order chi connectivity index (χ0) is 10.9. The summed E-state index contributed by atoms with van der Waals surface area (Å²) in [5, 5.41) is 0.601. The number of rotatable bonds is 2. The number of nitrogens with two attached hydrogens (primary N) is 1. The first kappa shape index (κ1) is 10.9. The maximum atomic E-state index is 5.93. The molecule has 1 aromatic rings. The van der Waals surface area contributed by atoms with E-state index in [4.69, 9.17) is 17.3 Å². The first-order valence-corrected chi connectivity index (χ1v) is 5.88. The van der Waals surface area contributed by atoms with Crippen molar-refractivity contribution in [3.05, 3.63) is 28.5 Å². The van der Waals surface area contributed by atoms with Gasteiger partial charge in [0.2, 0.25) is 0 Å². The van der Waals surface area contributed by atoms with E-state index in [9.17, 15) is 0 Å². The van der Waals surface area contributed by atoms with E-state index in [1.807, 2.05) is 13.1 Å². The summed E-state index contributed by atoms with van der Waals surface area (Å²) in [4.78, 5) is 4.23. The summed E-state index contributed by atoms with van der Waals surface area (Å²) in [6.45, 7) is 2.72. The van der Waals surface area contributed by atoms with Crippen molar-refractivity contribution in [2.75, 3.05) is 6.54 Å². The summed E-state index contributed by atoms with van der Waals surface area (Å²) < 4.78 is 0. The molecule has 1 saturated carbocycles. The Labute approximate surface area is 95.8 Å². The second-order valence-corrected chi connectivity index (χ2v) is 4.88. The predicted molar refractivity (Wildman–Crippen MR) is 63.2 cm³/mol. The number of halogens is 1. The van der Waals surface area contributed by atoms with Crippen molar-refractivity contribution in [3.63, 3.8) is 0 Å². The molecule has 1 aromatic heterocycles. The number of pyridine rings is 1. The lowest BCUT2D eigenvalue weighted by Crippen LogP contribution is -2.32. The molecule has 82 valence electrons. The third kappa shape index (κ3) is 1.88. The van der Waals surface area contributed by atoms with Crippen LogP contribution in [0.25, 0.3) is 0 Å². The molecule has 2 nitrogen and oxygen atoms in total. The van der Waals surface area contributed by atoms with Gasteiger partial charge >= 0.3 is 0 Å². The Hall–Kier alpha value is -0.600. The van der Waals surface area contributed by atoms with Crippen molar-refractivity contribution in [1.29, 1.82) is 0 Å². The van der Waals surface area contributed by atoms with Crippen molar-refractivity contribution >= 4 is 11.6 Å². The Morgan fingerprint density at radius 2 is 2.13 bits per heavy atom. The van der Waals surface area contributed by atoms with Gasteiger partial charge in [-0.3, -0.25) is 0 Å². The van der Waals surface area contributed by atoms with Crippen LogP contribution in [-0.4, -0.2) is 11.5 Å². The molecule has 0 aliphatic heterocycles. The standard InChI is InChI=1S/C12H17ClN2/c1-9-6-10(7-15-11(9)13)12(8-14)4-2-3-5-12/h6-7H,2-5,8,14H2,1H3. The van der Waals surface area contributed by atoms with Gasteiger partial charge in [0.05, 0.1) is 0 Å². The zero-order valence-corrected chi connectivity index (χ0v) is 9.85. The van der Waals surface area contributed by atoms with Crippen LogP contribution >= 0.6 is 11.6 Å². The van der Waals surface area contributed by atoms with E-state index < -0.39 is 0 Å². The molecule has 0 atom stereocenters. The molecular formula is C12H17ClN2. The largest absolute Gasteiger partial charge is 0.330 e. The Balaban J connectivity index is 2.38. The van der Waals surface area contributed by atoms with Crippen molar-refractivity contribution in [3.8, 4) is 0 Å². The summed E-state index contributed by atoms with van der Waals surface area (Å²) in [6, 6.07) is 2.15. The van der Waals surface area contributed by atoms with E-state index in [0.29, 0.717) is 5.15 Å². The minimum absolute atomic E-state index is 0.169. The van der Waals surface area contributed by atoms with Gasteiger partial charge in [0.15, 0.2) is 0 Å². The van der Waals surface area contributed by atoms with E-state index in [1.54, 1.807) is 0 Å². The molecule has 2 N–H and O–H groups in total. The molecule has 1 aliphatic rings. The first-order chi connectivity index (χ1) is 7.18. The van der Waals surface area contributed by atoms with Crippen LogP contribution in [0.4, 0.5) is 0 Å². The zero-order valence-electron chi connectivity index (χ0n) is 9.09. The monoisotopic (exact) mass is 224 g/mol. The van der Waals surface area contributed by atoms with Crippen molar-refractivity contribution in [2.24, 2.45) is 5.73 Å². The fourth-order valence-electron chi connectivity index (χ4n) is 2.51. The van der Waals surface area contributed by atoms with Crippen LogP contribution in [0.1, 0.15) is 36.8 Å². The van der Waals surface area contributed by atoms with Crippen molar-refractivity contribution in [1.82, 2.24) is 4.98 Å². The lowest BCUT2D eigenvalue weighted by Gasteiger charge is -2.27. The summed E-state index contributed by atoms with van der Waals surface area (Å²) in [5.74, 6) is 0. The lowest BCUT2D eigenvalue weighted by molar-refractivity contribution is 0.451. The van der Waals surface area contributed by atoms with Crippen LogP contribution in [0.3, 0.4) is 0 Å². The maximum absolute atomic E-state index is 5.93. The average Bonchev–Trinajstić information content (AvgIpc) is 2.72. The molecule has 1 aliphatic carbocycles. The van der Waals surface area contributed by atoms with Crippen LogP contribution < -0.4 is 5.73 Å². The Kier molecular flexibility index (Phi) is 2.98. The number of aryl methyl sites for hydroxylation is 1. The highest BCUT2D eigenvalue weighted by atomic mass is 35.5. The molecule has 1 heterocycles. The van der Waals surface area contributed by atoms with E-state index in [-0.39, 0.29) is 5.41 Å². The molecule has 0 amide bonds. The Morgan fingerprint density at radius 3 is 2.67 bits per heavy atom. The number of aromatic nitrogens is 1. The molecule has 0 bridgehead atoms. The molecule has 0 saturated heterocycles. The molecule has 15 heavy (non-hydrogen) atoms. The number of hydrogen-bond donors (Lipinski definition) is 1. The fraction of sp³-hybridized carbons (Fsp3) is 0.583. The smallest absolute Gasteiger partial charge is 0.131 e. The fourth-order valence-corrected chi connectivity index (χ4v) is 2.61. The van der Waals surface area contributed by atoms with Gasteiger partial charge in [-0.25, -0.2) is 4.98 Å². The minimum atomic E-state index is 0.169. The van der Waals surface area contributed by atoms with E-state index in [0.717, 1.165) is 12.1 Å². The van der Waals surface area contributed by atoms with Crippen LogP contribution in [0.2, 0.25) is 5.15 Å². The van der Waals surface area contributed by atoms with Crippen molar-refractivity contribution in [2.45, 2.75) is 38.0 Å². The van der Waals surface area contributed by atoms with Gasteiger partial charge in [-0.1, -0.05) is 30.5 Å². The normalized spacial score (nSPS) is 19.4. The average molecular weight is 225 g/mol. The summed E-state index contributed by atoms with van der Waals surface area (Å²) in [7, 11) is 0. The van der Waals surface area contributed by atoms with Crippen LogP contribution in [0, 0.1) is 6.92 Å². The molecule has 0 unspecified atom stereocenters. The summed E-state index contributed by atoms with van der Waals surface area (Å²) in [5.41, 5.74) is 8.42. The van der Waals surface area contributed by atoms with E-state index in [1.165, 1.54) is 31.2 Å². The van der Waals surface area contributed by atoms with Crippen LogP contribution in [0.15, 0.2) is 12.3 Å². The topological polar surface area (TPSA) is 38.9 Å². The molecule has 0 spiro atoms. The van der Waals surface area contributed by atoms with E-state index in [2.05, 4.69) is 11.1 Å². The third-order valence-electron chi connectivity index (χ3n) is 3.58. The molecule has 0 aromatic carbocycles. The molecule has 2 rings (SSSR count). The second-order valence-electron chi connectivity index (χ2n) is 4.52. The minimum Gasteiger partial charge on any atom is -0.330 e. The number of nitrogens with zero attached hydrogens (tertiary/aromatic N) is 1. The SMILES string of the molecule is Cc1cc(C2(CN)CCCC2)cnc1Cl. The van der Waals surface area contributed by atoms with Crippen molar-refractivity contribution < 1.29 is 0 Å². The maximum Gasteiger partial charge on any atom is 0.131 e. The van der Waals surface area contributed by atoms with Gasteiger partial charge < -0.3 is 5.73 Å². The second kappa shape index (κ2) is 4.11. The highest BCUT2D eigenvalue weighted by Crippen LogP contribution is 2.40. The summed E-state index contributed by atoms with van der Waals surface area (Å²) >= 11 is 5.93. The van der Waals surface area contributed by atoms with Gasteiger partial charge in [-0.2, -0.15) is 0 Å².